The van der Waals surface area contributed by atoms with Crippen LogP contribution in [0.25, 0.3) is 11.1 Å². The largest absolute Gasteiger partial charge is 0.497 e. The van der Waals surface area contributed by atoms with Crippen molar-refractivity contribution in [2.24, 2.45) is 0 Å². The van der Waals surface area contributed by atoms with E-state index >= 15 is 0 Å². The van der Waals surface area contributed by atoms with Gasteiger partial charge in [-0.25, -0.2) is 4.79 Å². The van der Waals surface area contributed by atoms with Crippen LogP contribution in [-0.2, 0) is 17.8 Å². The Balaban J connectivity index is 1.40. The second-order valence-electron chi connectivity index (χ2n) is 7.41. The Labute approximate surface area is 182 Å². The number of rotatable bonds is 10. The third kappa shape index (κ3) is 6.71. The van der Waals surface area contributed by atoms with Gasteiger partial charge in [0.05, 0.1) is 12.7 Å². The van der Waals surface area contributed by atoms with Crippen LogP contribution in [0.2, 0.25) is 0 Å². The SMILES string of the molecule is COc1cccc(CCCCC(=O)NCc2ccc(-c3ccc(C(=O)O)cc3)cc2)c1. The molecular weight excluding hydrogens is 390 g/mol. The van der Waals surface area contributed by atoms with E-state index in [4.69, 9.17) is 9.84 Å². The van der Waals surface area contributed by atoms with Crippen LogP contribution in [0, 0.1) is 0 Å². The maximum Gasteiger partial charge on any atom is 0.335 e. The maximum absolute atomic E-state index is 12.1. The fourth-order valence-electron chi connectivity index (χ4n) is 3.35. The zero-order valence-electron chi connectivity index (χ0n) is 17.6. The van der Waals surface area contributed by atoms with Gasteiger partial charge in [0.1, 0.15) is 5.75 Å². The summed E-state index contributed by atoms with van der Waals surface area (Å²) in [6, 6.07) is 22.7. The normalized spacial score (nSPS) is 10.5. The number of carboxylic acid groups (broad SMARTS) is 1. The first kappa shape index (κ1) is 22.1. The van der Waals surface area contributed by atoms with Crippen LogP contribution in [0.15, 0.2) is 72.8 Å². The van der Waals surface area contributed by atoms with Gasteiger partial charge in [-0.3, -0.25) is 4.79 Å². The third-order valence-corrected chi connectivity index (χ3v) is 5.16. The quantitative estimate of drug-likeness (QED) is 0.451. The summed E-state index contributed by atoms with van der Waals surface area (Å²) in [6.07, 6.45) is 3.24. The predicted octanol–water partition coefficient (Wildman–Crippen LogP) is 5.09. The summed E-state index contributed by atoms with van der Waals surface area (Å²) < 4.78 is 5.23. The van der Waals surface area contributed by atoms with E-state index in [1.807, 2.05) is 42.5 Å². The molecule has 2 N–H and O–H groups in total. The number of aromatic carboxylic acids is 1. The van der Waals surface area contributed by atoms with Crippen molar-refractivity contribution in [2.75, 3.05) is 7.11 Å². The van der Waals surface area contributed by atoms with Crippen molar-refractivity contribution in [3.05, 3.63) is 89.5 Å². The minimum atomic E-state index is -0.932. The molecule has 0 unspecified atom stereocenters. The van der Waals surface area contributed by atoms with Gasteiger partial charge in [0.25, 0.3) is 0 Å². The third-order valence-electron chi connectivity index (χ3n) is 5.16. The van der Waals surface area contributed by atoms with Gasteiger partial charge in [0.15, 0.2) is 0 Å². The van der Waals surface area contributed by atoms with Crippen LogP contribution in [0.3, 0.4) is 0 Å². The minimum Gasteiger partial charge on any atom is -0.497 e. The van der Waals surface area contributed by atoms with Crippen molar-refractivity contribution in [2.45, 2.75) is 32.2 Å². The van der Waals surface area contributed by atoms with Crippen LogP contribution < -0.4 is 10.1 Å². The first-order valence-electron chi connectivity index (χ1n) is 10.4. The van der Waals surface area contributed by atoms with Gasteiger partial charge in [-0.2, -0.15) is 0 Å². The molecule has 0 atom stereocenters. The lowest BCUT2D eigenvalue weighted by Gasteiger charge is -2.08. The lowest BCUT2D eigenvalue weighted by molar-refractivity contribution is -0.121. The summed E-state index contributed by atoms with van der Waals surface area (Å²) in [6.45, 7) is 0.493. The zero-order chi connectivity index (χ0) is 22.1. The Bertz CT molecular complexity index is 1010. The van der Waals surface area contributed by atoms with E-state index in [0.29, 0.717) is 13.0 Å². The molecule has 1 amide bonds. The van der Waals surface area contributed by atoms with Gasteiger partial charge in [0, 0.05) is 13.0 Å². The number of aryl methyl sites for hydroxylation is 1. The Kier molecular flexibility index (Phi) is 7.82. The highest BCUT2D eigenvalue weighted by atomic mass is 16.5. The van der Waals surface area contributed by atoms with Gasteiger partial charge >= 0.3 is 5.97 Å². The Hall–Kier alpha value is -3.60. The molecule has 0 radical (unpaired) electrons. The van der Waals surface area contributed by atoms with E-state index < -0.39 is 5.97 Å². The average Bonchev–Trinajstić information content (AvgIpc) is 2.81. The molecule has 0 aliphatic carbocycles. The molecule has 0 spiro atoms. The van der Waals surface area contributed by atoms with E-state index in [1.54, 1.807) is 31.4 Å². The summed E-state index contributed by atoms with van der Waals surface area (Å²) in [5, 5.41) is 12.0. The van der Waals surface area contributed by atoms with E-state index in [0.717, 1.165) is 41.7 Å². The summed E-state index contributed by atoms with van der Waals surface area (Å²) in [4.78, 5) is 23.1. The first-order chi connectivity index (χ1) is 15.0. The highest BCUT2D eigenvalue weighted by Gasteiger charge is 2.05. The Morgan fingerprint density at radius 2 is 1.55 bits per heavy atom. The molecule has 3 aromatic carbocycles. The van der Waals surface area contributed by atoms with Gasteiger partial charge in [-0.05, 0) is 65.8 Å². The number of hydrogen-bond donors (Lipinski definition) is 2. The molecule has 0 aliphatic rings. The number of hydrogen-bond acceptors (Lipinski definition) is 3. The number of carbonyl (C=O) groups excluding carboxylic acids is 1. The smallest absolute Gasteiger partial charge is 0.335 e. The van der Waals surface area contributed by atoms with Crippen molar-refractivity contribution < 1.29 is 19.4 Å². The molecule has 5 nitrogen and oxygen atoms in total. The number of carbonyl (C=O) groups is 2. The van der Waals surface area contributed by atoms with Crippen molar-refractivity contribution in [1.82, 2.24) is 5.32 Å². The minimum absolute atomic E-state index is 0.0546. The monoisotopic (exact) mass is 417 g/mol. The fraction of sp³-hybridized carbons (Fsp3) is 0.231. The maximum atomic E-state index is 12.1. The molecule has 0 aromatic heterocycles. The van der Waals surface area contributed by atoms with Crippen LogP contribution in [0.5, 0.6) is 5.75 Å². The lowest BCUT2D eigenvalue weighted by atomic mass is 10.0. The molecule has 5 heteroatoms. The molecule has 0 aliphatic heterocycles. The molecule has 0 saturated heterocycles. The zero-order valence-corrected chi connectivity index (χ0v) is 17.6. The van der Waals surface area contributed by atoms with E-state index in [9.17, 15) is 9.59 Å². The van der Waals surface area contributed by atoms with Crippen LogP contribution >= 0.6 is 0 Å². The summed E-state index contributed by atoms with van der Waals surface area (Å²) >= 11 is 0. The van der Waals surface area contributed by atoms with Crippen molar-refractivity contribution in [3.63, 3.8) is 0 Å². The van der Waals surface area contributed by atoms with Crippen LogP contribution in [-0.4, -0.2) is 24.1 Å². The van der Waals surface area contributed by atoms with Crippen molar-refractivity contribution >= 4 is 11.9 Å². The molecule has 0 heterocycles. The second-order valence-corrected chi connectivity index (χ2v) is 7.41. The van der Waals surface area contributed by atoms with E-state index in [-0.39, 0.29) is 11.5 Å². The summed E-state index contributed by atoms with van der Waals surface area (Å²) in [5.41, 5.74) is 4.47. The number of methoxy groups -OCH3 is 1. The van der Waals surface area contributed by atoms with Gasteiger partial charge in [-0.15, -0.1) is 0 Å². The number of benzene rings is 3. The number of ether oxygens (including phenoxy) is 1. The molecule has 31 heavy (non-hydrogen) atoms. The van der Waals surface area contributed by atoms with Crippen molar-refractivity contribution in [3.8, 4) is 16.9 Å². The van der Waals surface area contributed by atoms with Crippen molar-refractivity contribution in [1.29, 1.82) is 0 Å². The lowest BCUT2D eigenvalue weighted by Crippen LogP contribution is -2.22. The standard InChI is InChI=1S/C26H27NO4/c1-31-24-7-4-6-19(17-24)5-2-3-8-25(28)27-18-20-9-11-21(12-10-20)22-13-15-23(16-14-22)26(29)30/h4,6-7,9-17H,2-3,5,8,18H2,1H3,(H,27,28)(H,29,30). The summed E-state index contributed by atoms with van der Waals surface area (Å²) in [7, 11) is 1.66. The number of amides is 1. The van der Waals surface area contributed by atoms with Crippen LogP contribution in [0.1, 0.15) is 40.7 Å². The number of carboxylic acids is 1. The molecule has 160 valence electrons. The predicted molar refractivity (Wildman–Crippen MR) is 121 cm³/mol. The topological polar surface area (TPSA) is 75.6 Å². The highest BCUT2D eigenvalue weighted by molar-refractivity contribution is 5.88. The Morgan fingerprint density at radius 1 is 0.871 bits per heavy atom. The fourth-order valence-corrected chi connectivity index (χ4v) is 3.35. The van der Waals surface area contributed by atoms with E-state index in [2.05, 4.69) is 11.4 Å². The van der Waals surface area contributed by atoms with Gasteiger partial charge < -0.3 is 15.2 Å². The van der Waals surface area contributed by atoms with E-state index in [1.165, 1.54) is 5.56 Å². The second kappa shape index (κ2) is 11.0. The van der Waals surface area contributed by atoms with Crippen LogP contribution in [0.4, 0.5) is 0 Å². The first-order valence-corrected chi connectivity index (χ1v) is 10.4. The number of nitrogens with one attached hydrogen (secondary N) is 1. The highest BCUT2D eigenvalue weighted by Crippen LogP contribution is 2.20. The molecular formula is C26H27NO4. The molecule has 0 saturated carbocycles. The molecule has 3 aromatic rings. The number of unbranched alkanes of at least 4 members (excludes halogenated alkanes) is 1. The van der Waals surface area contributed by atoms with Gasteiger partial charge in [0.2, 0.25) is 5.91 Å². The Morgan fingerprint density at radius 3 is 2.19 bits per heavy atom. The van der Waals surface area contributed by atoms with Gasteiger partial charge in [-0.1, -0.05) is 48.5 Å². The molecule has 3 rings (SSSR count). The molecule has 0 bridgehead atoms. The molecule has 0 fully saturated rings. The average molecular weight is 418 g/mol. The summed E-state index contributed by atoms with van der Waals surface area (Å²) in [5.74, 6) is -0.0181.